The highest BCUT2D eigenvalue weighted by Gasteiger charge is 2.34. The Morgan fingerprint density at radius 2 is 2.00 bits per heavy atom. The molecule has 2 aliphatic rings. The lowest BCUT2D eigenvalue weighted by atomic mass is 9.91. The molecule has 2 aromatic rings. The molecular formula is C16H15ClN2OS. The van der Waals surface area contributed by atoms with E-state index in [2.05, 4.69) is 34.1 Å². The predicted molar refractivity (Wildman–Crippen MR) is 85.6 cm³/mol. The molecule has 0 aliphatic carbocycles. The SMILES string of the molecule is [O-][S+]1CCc2nc(N3CC(c4ccccc4)C3)cc(Cl)c21. The van der Waals surface area contributed by atoms with Crippen molar-refractivity contribution in [2.45, 2.75) is 17.2 Å². The topological polar surface area (TPSA) is 39.2 Å². The lowest BCUT2D eigenvalue weighted by Crippen LogP contribution is -2.45. The van der Waals surface area contributed by atoms with Crippen molar-refractivity contribution in [1.29, 1.82) is 0 Å². The molecule has 5 heteroatoms. The molecule has 0 saturated carbocycles. The van der Waals surface area contributed by atoms with Crippen LogP contribution in [0.4, 0.5) is 5.82 Å². The summed E-state index contributed by atoms with van der Waals surface area (Å²) in [5.41, 5.74) is 2.29. The first-order chi connectivity index (χ1) is 10.2. The number of rotatable bonds is 2. The van der Waals surface area contributed by atoms with Crippen molar-refractivity contribution in [2.75, 3.05) is 23.7 Å². The number of hydrogen-bond acceptors (Lipinski definition) is 3. The van der Waals surface area contributed by atoms with E-state index in [4.69, 9.17) is 11.6 Å². The molecule has 0 amide bonds. The summed E-state index contributed by atoms with van der Waals surface area (Å²) in [6, 6.07) is 12.4. The molecule has 108 valence electrons. The van der Waals surface area contributed by atoms with Gasteiger partial charge in [-0.3, -0.25) is 0 Å². The van der Waals surface area contributed by atoms with E-state index >= 15 is 0 Å². The van der Waals surface area contributed by atoms with Crippen LogP contribution < -0.4 is 4.90 Å². The summed E-state index contributed by atoms with van der Waals surface area (Å²) in [4.78, 5) is 7.65. The summed E-state index contributed by atoms with van der Waals surface area (Å²) in [5, 5.41) is 0.606. The van der Waals surface area contributed by atoms with Crippen molar-refractivity contribution >= 4 is 28.6 Å². The van der Waals surface area contributed by atoms with Crippen LogP contribution in [0.15, 0.2) is 41.3 Å². The summed E-state index contributed by atoms with van der Waals surface area (Å²) < 4.78 is 11.9. The molecule has 1 atom stereocenters. The molecule has 3 heterocycles. The number of halogens is 1. The first-order valence-electron chi connectivity index (χ1n) is 7.10. The molecule has 1 unspecified atom stereocenters. The quantitative estimate of drug-likeness (QED) is 0.799. The third-order valence-corrected chi connectivity index (χ3v) is 6.11. The van der Waals surface area contributed by atoms with E-state index in [-0.39, 0.29) is 0 Å². The number of anilines is 1. The van der Waals surface area contributed by atoms with E-state index in [1.807, 2.05) is 12.1 Å². The molecule has 1 fully saturated rings. The molecule has 1 saturated heterocycles. The Morgan fingerprint density at radius 1 is 1.24 bits per heavy atom. The van der Waals surface area contributed by atoms with Crippen molar-refractivity contribution in [1.82, 2.24) is 4.98 Å². The summed E-state index contributed by atoms with van der Waals surface area (Å²) in [6.07, 6.45) is 0.769. The van der Waals surface area contributed by atoms with Crippen LogP contribution in [0.25, 0.3) is 0 Å². The fourth-order valence-corrected chi connectivity index (χ4v) is 4.74. The van der Waals surface area contributed by atoms with Crippen LogP contribution in [0.1, 0.15) is 17.2 Å². The molecule has 1 aromatic heterocycles. The van der Waals surface area contributed by atoms with Crippen LogP contribution >= 0.6 is 11.6 Å². The number of pyridine rings is 1. The van der Waals surface area contributed by atoms with Crippen LogP contribution in [-0.2, 0) is 17.6 Å². The molecule has 0 spiro atoms. The lowest BCUT2D eigenvalue weighted by Gasteiger charge is -2.40. The lowest BCUT2D eigenvalue weighted by molar-refractivity contribution is 0.519. The number of fused-ring (bicyclic) bond motifs is 1. The van der Waals surface area contributed by atoms with E-state index in [0.29, 0.717) is 16.7 Å². The molecular weight excluding hydrogens is 304 g/mol. The van der Waals surface area contributed by atoms with E-state index < -0.39 is 11.2 Å². The molecule has 4 rings (SSSR count). The van der Waals surface area contributed by atoms with Gasteiger partial charge in [0, 0.05) is 31.5 Å². The monoisotopic (exact) mass is 318 g/mol. The van der Waals surface area contributed by atoms with Crippen molar-refractivity contribution in [2.24, 2.45) is 0 Å². The minimum atomic E-state index is -0.964. The number of hydrogen-bond donors (Lipinski definition) is 0. The molecule has 2 aliphatic heterocycles. The maximum atomic E-state index is 11.9. The van der Waals surface area contributed by atoms with Gasteiger partial charge in [0.15, 0.2) is 4.90 Å². The fourth-order valence-electron chi connectivity index (χ4n) is 3.00. The predicted octanol–water partition coefficient (Wildman–Crippen LogP) is 3.00. The second kappa shape index (κ2) is 5.20. The Hall–Kier alpha value is -1.23. The van der Waals surface area contributed by atoms with Gasteiger partial charge in [-0.15, -0.1) is 0 Å². The highest BCUT2D eigenvalue weighted by Crippen LogP contribution is 2.37. The molecule has 0 bridgehead atoms. The largest absolute Gasteiger partial charge is 0.611 e. The van der Waals surface area contributed by atoms with Gasteiger partial charge >= 0.3 is 0 Å². The van der Waals surface area contributed by atoms with Crippen LogP contribution in [0.3, 0.4) is 0 Å². The summed E-state index contributed by atoms with van der Waals surface area (Å²) in [5.74, 6) is 2.14. The van der Waals surface area contributed by atoms with Gasteiger partial charge in [-0.1, -0.05) is 41.9 Å². The number of aromatic nitrogens is 1. The first kappa shape index (κ1) is 13.4. The van der Waals surface area contributed by atoms with Gasteiger partial charge in [0.1, 0.15) is 22.3 Å². The Bertz CT molecular complexity index is 673. The van der Waals surface area contributed by atoms with Crippen molar-refractivity contribution < 1.29 is 4.55 Å². The zero-order chi connectivity index (χ0) is 14.4. The Balaban J connectivity index is 1.54. The van der Waals surface area contributed by atoms with Gasteiger partial charge in [0.25, 0.3) is 0 Å². The molecule has 21 heavy (non-hydrogen) atoms. The van der Waals surface area contributed by atoms with Crippen LogP contribution in [-0.4, -0.2) is 28.4 Å². The van der Waals surface area contributed by atoms with Gasteiger partial charge in [-0.2, -0.15) is 0 Å². The smallest absolute Gasteiger partial charge is 0.193 e. The first-order valence-corrected chi connectivity index (χ1v) is 8.80. The van der Waals surface area contributed by atoms with Crippen molar-refractivity contribution in [3.8, 4) is 0 Å². The molecule has 3 nitrogen and oxygen atoms in total. The average molecular weight is 319 g/mol. The molecule has 1 aromatic carbocycles. The minimum Gasteiger partial charge on any atom is -0.611 e. The van der Waals surface area contributed by atoms with Gasteiger partial charge in [0.2, 0.25) is 0 Å². The van der Waals surface area contributed by atoms with Crippen molar-refractivity contribution in [3.05, 3.63) is 52.7 Å². The van der Waals surface area contributed by atoms with Crippen LogP contribution in [0, 0.1) is 0 Å². The van der Waals surface area contributed by atoms with Crippen molar-refractivity contribution in [3.63, 3.8) is 0 Å². The second-order valence-corrected chi connectivity index (χ2v) is 7.47. The molecule has 0 N–H and O–H groups in total. The highest BCUT2D eigenvalue weighted by atomic mass is 35.5. The normalized spacial score (nSPS) is 21.2. The Kier molecular flexibility index (Phi) is 3.32. The third kappa shape index (κ3) is 2.31. The average Bonchev–Trinajstić information content (AvgIpc) is 2.80. The number of aryl methyl sites for hydroxylation is 1. The van der Waals surface area contributed by atoms with Gasteiger partial charge in [0.05, 0.1) is 0 Å². The van der Waals surface area contributed by atoms with E-state index in [0.717, 1.165) is 35.9 Å². The zero-order valence-electron chi connectivity index (χ0n) is 11.5. The fraction of sp³-hybridized carbons (Fsp3) is 0.312. The van der Waals surface area contributed by atoms with E-state index in [1.165, 1.54) is 5.56 Å². The summed E-state index contributed by atoms with van der Waals surface area (Å²) in [7, 11) is 0. The zero-order valence-corrected chi connectivity index (χ0v) is 13.0. The van der Waals surface area contributed by atoms with Crippen LogP contribution in [0.5, 0.6) is 0 Å². The summed E-state index contributed by atoms with van der Waals surface area (Å²) in [6.45, 7) is 1.93. The number of nitrogens with zero attached hydrogens (tertiary/aromatic N) is 2. The molecule has 0 radical (unpaired) electrons. The van der Waals surface area contributed by atoms with E-state index in [1.54, 1.807) is 0 Å². The summed E-state index contributed by atoms with van der Waals surface area (Å²) >= 11 is 5.32. The maximum absolute atomic E-state index is 11.9. The third-order valence-electron chi connectivity index (χ3n) is 4.21. The van der Waals surface area contributed by atoms with Gasteiger partial charge in [-0.25, -0.2) is 4.98 Å². The van der Waals surface area contributed by atoms with E-state index in [9.17, 15) is 4.55 Å². The standard InChI is InChI=1S/C16H15ClN2OS/c17-13-8-15(18-14-6-7-21(20)16(13)14)19-9-12(10-19)11-4-2-1-3-5-11/h1-5,8,12H,6-7,9-10H2. The number of benzene rings is 1. The highest BCUT2D eigenvalue weighted by molar-refractivity contribution is 7.91. The van der Waals surface area contributed by atoms with Gasteiger partial charge in [-0.05, 0) is 16.7 Å². The Labute approximate surface area is 132 Å². The maximum Gasteiger partial charge on any atom is 0.193 e. The Morgan fingerprint density at radius 3 is 2.76 bits per heavy atom. The van der Waals surface area contributed by atoms with Gasteiger partial charge < -0.3 is 9.45 Å². The van der Waals surface area contributed by atoms with Crippen LogP contribution in [0.2, 0.25) is 5.02 Å². The second-order valence-electron chi connectivity index (χ2n) is 5.55. The minimum absolute atomic E-state index is 0.564.